The molecule has 0 bridgehead atoms. The number of carbonyl (C=O) groups is 4. The van der Waals surface area contributed by atoms with Gasteiger partial charge in [-0.25, -0.2) is 4.79 Å². The van der Waals surface area contributed by atoms with E-state index in [1.165, 1.54) is 30.4 Å². The van der Waals surface area contributed by atoms with Crippen molar-refractivity contribution in [3.8, 4) is 0 Å². The van der Waals surface area contributed by atoms with Crippen molar-refractivity contribution in [3.63, 3.8) is 0 Å². The van der Waals surface area contributed by atoms with Crippen LogP contribution in [0.5, 0.6) is 0 Å². The van der Waals surface area contributed by atoms with Crippen molar-refractivity contribution in [1.82, 2.24) is 16.0 Å². The molecule has 3 amide bonds. The van der Waals surface area contributed by atoms with Crippen LogP contribution in [-0.2, 0) is 19.2 Å². The van der Waals surface area contributed by atoms with Crippen LogP contribution in [0.25, 0.3) is 0 Å². The van der Waals surface area contributed by atoms with Crippen LogP contribution in [0, 0.1) is 0 Å². The highest BCUT2D eigenvalue weighted by Gasteiger charge is 2.32. The van der Waals surface area contributed by atoms with Crippen molar-refractivity contribution in [2.75, 3.05) is 30.6 Å². The predicted molar refractivity (Wildman–Crippen MR) is 132 cm³/mol. The highest BCUT2D eigenvalue weighted by Crippen LogP contribution is 2.07. The SMILES string of the molecule is CSCCC(NC(=O)C(CCSC)NC(=O)C(NC(=O)C(N)CCCCN)C(C)O)C(=O)O. The fourth-order valence-electron chi connectivity index (χ4n) is 2.84. The molecule has 0 aliphatic heterocycles. The maximum Gasteiger partial charge on any atom is 0.326 e. The van der Waals surface area contributed by atoms with Crippen LogP contribution >= 0.6 is 23.5 Å². The Labute approximate surface area is 203 Å². The van der Waals surface area contributed by atoms with Crippen LogP contribution < -0.4 is 27.4 Å². The molecule has 5 atom stereocenters. The number of carboxylic acid groups (broad SMARTS) is 1. The first-order valence-electron chi connectivity index (χ1n) is 10.8. The molecule has 192 valence electrons. The van der Waals surface area contributed by atoms with Gasteiger partial charge in [-0.05, 0) is 63.2 Å². The number of rotatable bonds is 18. The van der Waals surface area contributed by atoms with Gasteiger partial charge in [0.2, 0.25) is 17.7 Å². The van der Waals surface area contributed by atoms with E-state index >= 15 is 0 Å². The standard InChI is InChI=1S/C20H39N5O6S2/c1-12(26)16(25-17(27)13(22)6-4-5-9-21)19(29)23-14(7-10-32-2)18(28)24-15(20(30)31)8-11-33-3/h12-16,26H,4-11,21-22H2,1-3H3,(H,23,29)(H,24,28)(H,25,27)(H,30,31). The summed E-state index contributed by atoms with van der Waals surface area (Å²) in [7, 11) is 0. The molecular formula is C20H39N5O6S2. The van der Waals surface area contributed by atoms with Crippen molar-refractivity contribution in [2.24, 2.45) is 11.5 Å². The van der Waals surface area contributed by atoms with Crippen molar-refractivity contribution < 1.29 is 29.4 Å². The first-order valence-corrected chi connectivity index (χ1v) is 13.6. The van der Waals surface area contributed by atoms with Gasteiger partial charge in [0.1, 0.15) is 18.1 Å². The maximum absolute atomic E-state index is 12.8. The summed E-state index contributed by atoms with van der Waals surface area (Å²) >= 11 is 2.91. The van der Waals surface area contributed by atoms with Crippen LogP contribution in [-0.4, -0.2) is 94.7 Å². The number of nitrogens with two attached hydrogens (primary N) is 2. The Morgan fingerprint density at radius 3 is 1.88 bits per heavy atom. The molecule has 0 radical (unpaired) electrons. The van der Waals surface area contributed by atoms with Crippen LogP contribution in [0.3, 0.4) is 0 Å². The summed E-state index contributed by atoms with van der Waals surface area (Å²) in [6, 6.07) is -4.31. The Balaban J connectivity index is 5.26. The van der Waals surface area contributed by atoms with Gasteiger partial charge in [-0.1, -0.05) is 6.42 Å². The number of nitrogens with one attached hydrogen (secondary N) is 3. The highest BCUT2D eigenvalue weighted by atomic mass is 32.2. The predicted octanol–water partition coefficient (Wildman–Crippen LogP) is -1.13. The van der Waals surface area contributed by atoms with Gasteiger partial charge in [-0.15, -0.1) is 0 Å². The molecule has 5 unspecified atom stereocenters. The second-order valence-corrected chi connectivity index (χ2v) is 9.61. The number of hydrogen-bond donors (Lipinski definition) is 7. The Hall–Kier alpha value is -1.54. The summed E-state index contributed by atoms with van der Waals surface area (Å²) in [5.74, 6) is -2.09. The molecule has 11 nitrogen and oxygen atoms in total. The fraction of sp³-hybridized carbons (Fsp3) is 0.800. The summed E-state index contributed by atoms with van der Waals surface area (Å²) in [6.07, 6.45) is 4.63. The summed E-state index contributed by atoms with van der Waals surface area (Å²) in [5.41, 5.74) is 11.3. The Morgan fingerprint density at radius 2 is 1.39 bits per heavy atom. The molecule has 9 N–H and O–H groups in total. The van der Waals surface area contributed by atoms with Gasteiger partial charge in [-0.3, -0.25) is 14.4 Å². The number of amides is 3. The quantitative estimate of drug-likeness (QED) is 0.111. The van der Waals surface area contributed by atoms with Crippen molar-refractivity contribution in [2.45, 2.75) is 69.3 Å². The molecule has 0 saturated carbocycles. The molecule has 0 aromatic carbocycles. The van der Waals surface area contributed by atoms with Crippen molar-refractivity contribution in [1.29, 1.82) is 0 Å². The number of aliphatic hydroxyl groups excluding tert-OH is 1. The molecule has 13 heteroatoms. The maximum atomic E-state index is 12.8. The Morgan fingerprint density at radius 1 is 0.848 bits per heavy atom. The van der Waals surface area contributed by atoms with Crippen LogP contribution in [0.15, 0.2) is 0 Å². The zero-order chi connectivity index (χ0) is 25.4. The number of carbonyl (C=O) groups excluding carboxylic acids is 3. The lowest BCUT2D eigenvalue weighted by Crippen LogP contribution is -2.59. The number of carboxylic acids is 1. The minimum atomic E-state index is -1.32. The van der Waals surface area contributed by atoms with Gasteiger partial charge >= 0.3 is 5.97 Å². The smallest absolute Gasteiger partial charge is 0.326 e. The number of unbranched alkanes of at least 4 members (excludes halogenated alkanes) is 1. The van der Waals surface area contributed by atoms with E-state index < -0.39 is 54.0 Å². The lowest BCUT2D eigenvalue weighted by molar-refractivity contribution is -0.142. The third-order valence-electron chi connectivity index (χ3n) is 4.84. The first-order chi connectivity index (χ1) is 15.6. The molecule has 0 saturated heterocycles. The van der Waals surface area contributed by atoms with Gasteiger partial charge in [0.25, 0.3) is 0 Å². The largest absolute Gasteiger partial charge is 0.480 e. The molecule has 0 rings (SSSR count). The van der Waals surface area contributed by atoms with E-state index in [-0.39, 0.29) is 12.8 Å². The lowest BCUT2D eigenvalue weighted by atomic mass is 10.1. The van der Waals surface area contributed by atoms with E-state index in [0.29, 0.717) is 37.3 Å². The van der Waals surface area contributed by atoms with E-state index in [9.17, 15) is 29.4 Å². The topological polar surface area (TPSA) is 197 Å². The monoisotopic (exact) mass is 509 g/mol. The van der Waals surface area contributed by atoms with Crippen molar-refractivity contribution in [3.05, 3.63) is 0 Å². The van der Waals surface area contributed by atoms with E-state index in [0.717, 1.165) is 0 Å². The molecule has 0 aliphatic rings. The number of aliphatic carboxylic acids is 1. The van der Waals surface area contributed by atoms with Crippen LogP contribution in [0.4, 0.5) is 0 Å². The molecule has 0 aromatic heterocycles. The van der Waals surface area contributed by atoms with E-state index in [1.54, 1.807) is 0 Å². The number of aliphatic hydroxyl groups is 1. The molecular weight excluding hydrogens is 470 g/mol. The summed E-state index contributed by atoms with van der Waals surface area (Å²) in [5, 5.41) is 26.9. The minimum Gasteiger partial charge on any atom is -0.480 e. The lowest BCUT2D eigenvalue weighted by Gasteiger charge is -2.26. The molecule has 33 heavy (non-hydrogen) atoms. The first kappa shape index (κ1) is 31.5. The molecule has 0 spiro atoms. The summed E-state index contributed by atoms with van der Waals surface area (Å²) in [6.45, 7) is 1.82. The molecule has 0 fully saturated rings. The van der Waals surface area contributed by atoms with Gasteiger partial charge in [0, 0.05) is 0 Å². The minimum absolute atomic E-state index is 0.236. The van der Waals surface area contributed by atoms with Crippen LogP contribution in [0.2, 0.25) is 0 Å². The van der Waals surface area contributed by atoms with Crippen LogP contribution in [0.1, 0.15) is 39.0 Å². The second-order valence-electron chi connectivity index (χ2n) is 7.64. The van der Waals surface area contributed by atoms with Gasteiger partial charge in [0.05, 0.1) is 12.1 Å². The van der Waals surface area contributed by atoms with Gasteiger partial charge < -0.3 is 37.6 Å². The third kappa shape index (κ3) is 13.1. The highest BCUT2D eigenvalue weighted by molar-refractivity contribution is 7.98. The molecule has 0 aliphatic carbocycles. The number of thioether (sulfide) groups is 2. The summed E-state index contributed by atoms with van der Waals surface area (Å²) in [4.78, 5) is 49.4. The zero-order valence-electron chi connectivity index (χ0n) is 19.5. The fourth-order valence-corrected chi connectivity index (χ4v) is 3.78. The number of hydrogen-bond acceptors (Lipinski definition) is 9. The average molecular weight is 510 g/mol. The Bertz CT molecular complexity index is 626. The second kappa shape index (κ2) is 17.9. The average Bonchev–Trinajstić information content (AvgIpc) is 2.76. The molecule has 0 heterocycles. The zero-order valence-corrected chi connectivity index (χ0v) is 21.2. The van der Waals surface area contributed by atoms with Gasteiger partial charge in [-0.2, -0.15) is 23.5 Å². The van der Waals surface area contributed by atoms with Crippen molar-refractivity contribution >= 4 is 47.2 Å². The third-order valence-corrected chi connectivity index (χ3v) is 6.13. The van der Waals surface area contributed by atoms with E-state index in [4.69, 9.17) is 11.5 Å². The normalized spacial score (nSPS) is 15.6. The summed E-state index contributed by atoms with van der Waals surface area (Å²) < 4.78 is 0. The van der Waals surface area contributed by atoms with Gasteiger partial charge in [0.15, 0.2) is 0 Å². The van der Waals surface area contributed by atoms with E-state index in [1.807, 2.05) is 12.5 Å². The Kier molecular flexibility index (Phi) is 17.0. The van der Waals surface area contributed by atoms with E-state index in [2.05, 4.69) is 16.0 Å². The molecule has 0 aromatic rings.